The minimum absolute atomic E-state index is 0.167. The fraction of sp³-hybridized carbons (Fsp3) is 0.625. The number of nitrogens with one attached hydrogen (secondary N) is 1. The molecule has 2 N–H and O–H groups in total. The predicted molar refractivity (Wildman–Crippen MR) is 81.4 cm³/mol. The van der Waals surface area contributed by atoms with Gasteiger partial charge in [0.1, 0.15) is 0 Å². The van der Waals surface area contributed by atoms with E-state index < -0.39 is 0 Å². The second-order valence-electron chi connectivity index (χ2n) is 5.40. The van der Waals surface area contributed by atoms with E-state index in [1.807, 2.05) is 12.1 Å². The van der Waals surface area contributed by atoms with Crippen molar-refractivity contribution < 1.29 is 14.6 Å². The molecule has 114 valence electrons. The van der Waals surface area contributed by atoms with E-state index in [2.05, 4.69) is 26.1 Å². The average molecular weight is 281 g/mol. The number of hydrogen-bond donors (Lipinski definition) is 2. The molecule has 0 amide bonds. The second kappa shape index (κ2) is 8.82. The summed E-state index contributed by atoms with van der Waals surface area (Å²) in [6.07, 6.45) is 1.10. The molecule has 0 aliphatic carbocycles. The molecule has 0 aliphatic heterocycles. The highest BCUT2D eigenvalue weighted by atomic mass is 16.5. The van der Waals surface area contributed by atoms with Crippen LogP contribution in [0.5, 0.6) is 11.5 Å². The van der Waals surface area contributed by atoms with Crippen LogP contribution in [0.1, 0.15) is 38.8 Å². The third-order valence-electron chi connectivity index (χ3n) is 3.24. The molecule has 4 heteroatoms. The van der Waals surface area contributed by atoms with Crippen LogP contribution in [0.15, 0.2) is 18.2 Å². The number of ether oxygens (including phenoxy) is 2. The molecule has 0 heterocycles. The fourth-order valence-corrected chi connectivity index (χ4v) is 1.85. The molecule has 1 aromatic rings. The van der Waals surface area contributed by atoms with Gasteiger partial charge < -0.3 is 19.9 Å². The first-order valence-electron chi connectivity index (χ1n) is 7.22. The quantitative estimate of drug-likeness (QED) is 0.683. The number of rotatable bonds is 9. The first kappa shape index (κ1) is 16.8. The maximum absolute atomic E-state index is 9.57. The largest absolute Gasteiger partial charge is 0.504 e. The van der Waals surface area contributed by atoms with Crippen molar-refractivity contribution in [2.45, 2.75) is 33.2 Å². The molecule has 1 atom stereocenters. The van der Waals surface area contributed by atoms with Gasteiger partial charge in [0.05, 0.1) is 13.7 Å². The normalized spacial score (nSPS) is 12.7. The van der Waals surface area contributed by atoms with Crippen LogP contribution < -0.4 is 10.1 Å². The molecule has 0 saturated carbocycles. The van der Waals surface area contributed by atoms with Gasteiger partial charge in [0, 0.05) is 19.2 Å². The molecule has 1 unspecified atom stereocenters. The summed E-state index contributed by atoms with van der Waals surface area (Å²) in [6, 6.07) is 5.60. The lowest BCUT2D eigenvalue weighted by Crippen LogP contribution is -2.23. The Labute approximate surface area is 122 Å². The van der Waals surface area contributed by atoms with Crippen LogP contribution in [-0.4, -0.2) is 32.0 Å². The van der Waals surface area contributed by atoms with Gasteiger partial charge in [0.2, 0.25) is 0 Å². The Morgan fingerprint density at radius 3 is 2.60 bits per heavy atom. The standard InChI is InChI=1S/C16H27NO3/c1-12(2)7-9-20-10-8-17-13(3)14-5-6-15(18)16(11-14)19-4/h5-6,11-13,17-18H,7-10H2,1-4H3. The van der Waals surface area contributed by atoms with E-state index in [1.165, 1.54) is 0 Å². The summed E-state index contributed by atoms with van der Waals surface area (Å²) in [6.45, 7) is 8.82. The molecule has 0 aromatic heterocycles. The van der Waals surface area contributed by atoms with Crippen LogP contribution in [0.4, 0.5) is 0 Å². The Balaban J connectivity index is 2.30. The molecule has 0 saturated heterocycles. The molecule has 0 aliphatic rings. The predicted octanol–water partition coefficient (Wildman–Crippen LogP) is 3.11. The van der Waals surface area contributed by atoms with Gasteiger partial charge in [-0.25, -0.2) is 0 Å². The summed E-state index contributed by atoms with van der Waals surface area (Å²) in [4.78, 5) is 0. The molecule has 0 radical (unpaired) electrons. The molecule has 0 bridgehead atoms. The van der Waals surface area contributed by atoms with Gasteiger partial charge in [-0.15, -0.1) is 0 Å². The van der Waals surface area contributed by atoms with Gasteiger partial charge in [-0.05, 0) is 37.0 Å². The Morgan fingerprint density at radius 1 is 1.20 bits per heavy atom. The summed E-state index contributed by atoms with van der Waals surface area (Å²) < 4.78 is 10.7. The maximum atomic E-state index is 9.57. The highest BCUT2D eigenvalue weighted by Crippen LogP contribution is 2.28. The first-order chi connectivity index (χ1) is 9.54. The zero-order valence-corrected chi connectivity index (χ0v) is 13.0. The van der Waals surface area contributed by atoms with Gasteiger partial charge >= 0.3 is 0 Å². The maximum Gasteiger partial charge on any atom is 0.160 e. The van der Waals surface area contributed by atoms with Crippen molar-refractivity contribution in [3.05, 3.63) is 23.8 Å². The summed E-state index contributed by atoms with van der Waals surface area (Å²) in [5, 5.41) is 13.0. The van der Waals surface area contributed by atoms with E-state index in [9.17, 15) is 5.11 Å². The third kappa shape index (κ3) is 5.80. The molecule has 0 fully saturated rings. The van der Waals surface area contributed by atoms with Crippen molar-refractivity contribution in [1.82, 2.24) is 5.32 Å². The zero-order chi connectivity index (χ0) is 15.0. The van der Waals surface area contributed by atoms with E-state index in [-0.39, 0.29) is 11.8 Å². The van der Waals surface area contributed by atoms with Crippen molar-refractivity contribution >= 4 is 0 Å². The van der Waals surface area contributed by atoms with Gasteiger partial charge in [-0.2, -0.15) is 0 Å². The van der Waals surface area contributed by atoms with Crippen LogP contribution >= 0.6 is 0 Å². The molecule has 1 rings (SSSR count). The van der Waals surface area contributed by atoms with E-state index >= 15 is 0 Å². The summed E-state index contributed by atoms with van der Waals surface area (Å²) >= 11 is 0. The van der Waals surface area contributed by atoms with Crippen molar-refractivity contribution in [3.8, 4) is 11.5 Å². The minimum Gasteiger partial charge on any atom is -0.504 e. The second-order valence-corrected chi connectivity index (χ2v) is 5.40. The van der Waals surface area contributed by atoms with Crippen LogP contribution in [0.3, 0.4) is 0 Å². The molecular formula is C16H27NO3. The van der Waals surface area contributed by atoms with Gasteiger partial charge in [-0.3, -0.25) is 0 Å². The fourth-order valence-electron chi connectivity index (χ4n) is 1.85. The third-order valence-corrected chi connectivity index (χ3v) is 3.24. The Kier molecular flexibility index (Phi) is 7.41. The summed E-state index contributed by atoms with van der Waals surface area (Å²) in [5.41, 5.74) is 1.09. The molecule has 4 nitrogen and oxygen atoms in total. The van der Waals surface area contributed by atoms with Crippen LogP contribution in [0.2, 0.25) is 0 Å². The monoisotopic (exact) mass is 281 g/mol. The first-order valence-corrected chi connectivity index (χ1v) is 7.22. The molecule has 1 aromatic carbocycles. The van der Waals surface area contributed by atoms with Crippen LogP contribution in [-0.2, 0) is 4.74 Å². The van der Waals surface area contributed by atoms with Gasteiger partial charge in [0.25, 0.3) is 0 Å². The lowest BCUT2D eigenvalue weighted by Gasteiger charge is -2.16. The zero-order valence-electron chi connectivity index (χ0n) is 13.0. The Morgan fingerprint density at radius 2 is 1.95 bits per heavy atom. The van der Waals surface area contributed by atoms with E-state index in [0.717, 1.165) is 25.1 Å². The average Bonchev–Trinajstić information content (AvgIpc) is 2.42. The van der Waals surface area contributed by atoms with E-state index in [1.54, 1.807) is 13.2 Å². The summed E-state index contributed by atoms with van der Waals surface area (Å²) in [5.74, 6) is 1.36. The lowest BCUT2D eigenvalue weighted by molar-refractivity contribution is 0.123. The van der Waals surface area contributed by atoms with E-state index in [0.29, 0.717) is 18.3 Å². The van der Waals surface area contributed by atoms with Crippen molar-refractivity contribution in [2.24, 2.45) is 5.92 Å². The van der Waals surface area contributed by atoms with Crippen molar-refractivity contribution in [3.63, 3.8) is 0 Å². The van der Waals surface area contributed by atoms with E-state index in [4.69, 9.17) is 9.47 Å². The topological polar surface area (TPSA) is 50.7 Å². The van der Waals surface area contributed by atoms with Crippen LogP contribution in [0, 0.1) is 5.92 Å². The van der Waals surface area contributed by atoms with Crippen molar-refractivity contribution in [1.29, 1.82) is 0 Å². The molecular weight excluding hydrogens is 254 g/mol. The van der Waals surface area contributed by atoms with Crippen molar-refractivity contribution in [2.75, 3.05) is 26.9 Å². The number of aromatic hydroxyl groups is 1. The molecule has 20 heavy (non-hydrogen) atoms. The van der Waals surface area contributed by atoms with Gasteiger partial charge in [0.15, 0.2) is 11.5 Å². The summed E-state index contributed by atoms with van der Waals surface area (Å²) in [7, 11) is 1.56. The SMILES string of the molecule is COc1cc(C(C)NCCOCCC(C)C)ccc1O. The minimum atomic E-state index is 0.167. The number of phenolic OH excluding ortho intramolecular Hbond substituents is 1. The highest BCUT2D eigenvalue weighted by Gasteiger charge is 2.08. The number of phenols is 1. The number of benzene rings is 1. The van der Waals surface area contributed by atoms with Crippen LogP contribution in [0.25, 0.3) is 0 Å². The smallest absolute Gasteiger partial charge is 0.160 e. The van der Waals surface area contributed by atoms with Gasteiger partial charge in [-0.1, -0.05) is 19.9 Å². The highest BCUT2D eigenvalue weighted by molar-refractivity contribution is 5.42. The number of hydrogen-bond acceptors (Lipinski definition) is 4. The Bertz CT molecular complexity index is 393. The lowest BCUT2D eigenvalue weighted by atomic mass is 10.1. The molecule has 0 spiro atoms. The number of methoxy groups -OCH3 is 1. The Hall–Kier alpha value is -1.26.